The van der Waals surface area contributed by atoms with Crippen LogP contribution in [-0.4, -0.2) is 7.11 Å². The standard InChI is InChI=1S/C22H32O/c1-6-17-9-12-21-20-10-7-15(2)18(11-8-16(3)23-5)19(20)13-14-22(17,21)4/h6,8,11,19-21H,3,7,9-10,12-14H2,1-2,4-5H3/b11-8-,17-6-/t19?,20?,21?,22-/m1/s1. The molecule has 0 aromatic rings. The van der Waals surface area contributed by atoms with Crippen molar-refractivity contribution in [1.82, 2.24) is 0 Å². The maximum atomic E-state index is 5.22. The first-order chi connectivity index (χ1) is 11.0. The molecule has 0 amide bonds. The zero-order valence-corrected chi connectivity index (χ0v) is 15.3. The fourth-order valence-electron chi connectivity index (χ4n) is 5.76. The van der Waals surface area contributed by atoms with E-state index < -0.39 is 0 Å². The van der Waals surface area contributed by atoms with Crippen molar-refractivity contribution in [2.45, 2.75) is 59.3 Å². The molecular weight excluding hydrogens is 280 g/mol. The van der Waals surface area contributed by atoms with E-state index in [2.05, 4.69) is 45.6 Å². The molecule has 2 saturated carbocycles. The molecule has 0 saturated heterocycles. The molecular formula is C22H32O. The minimum Gasteiger partial charge on any atom is -0.497 e. The molecule has 3 aliphatic rings. The van der Waals surface area contributed by atoms with Crippen LogP contribution < -0.4 is 0 Å². The maximum Gasteiger partial charge on any atom is 0.111 e. The molecule has 126 valence electrons. The summed E-state index contributed by atoms with van der Waals surface area (Å²) in [6.07, 6.45) is 14.8. The summed E-state index contributed by atoms with van der Waals surface area (Å²) in [6, 6.07) is 0. The summed E-state index contributed by atoms with van der Waals surface area (Å²) in [5.41, 5.74) is 5.37. The molecule has 4 atom stereocenters. The molecule has 2 fully saturated rings. The fourth-order valence-corrected chi connectivity index (χ4v) is 5.76. The van der Waals surface area contributed by atoms with Crippen LogP contribution in [0.3, 0.4) is 0 Å². The second kappa shape index (κ2) is 6.34. The first-order valence-electron chi connectivity index (χ1n) is 9.27. The minimum absolute atomic E-state index is 0.478. The lowest BCUT2D eigenvalue weighted by atomic mass is 9.55. The van der Waals surface area contributed by atoms with Gasteiger partial charge in [-0.25, -0.2) is 0 Å². The Kier molecular flexibility index (Phi) is 4.58. The predicted octanol–water partition coefficient (Wildman–Crippen LogP) is 6.20. The number of hydrogen-bond donors (Lipinski definition) is 0. The van der Waals surface area contributed by atoms with Gasteiger partial charge in [0.05, 0.1) is 7.11 Å². The highest BCUT2D eigenvalue weighted by molar-refractivity contribution is 5.35. The predicted molar refractivity (Wildman–Crippen MR) is 98.0 cm³/mol. The Balaban J connectivity index is 1.88. The van der Waals surface area contributed by atoms with E-state index in [0.717, 1.165) is 23.5 Å². The summed E-state index contributed by atoms with van der Waals surface area (Å²) in [7, 11) is 1.70. The van der Waals surface area contributed by atoms with Crippen molar-refractivity contribution < 1.29 is 4.74 Å². The van der Waals surface area contributed by atoms with Gasteiger partial charge in [-0.2, -0.15) is 0 Å². The molecule has 0 bridgehead atoms. The van der Waals surface area contributed by atoms with Crippen molar-refractivity contribution in [3.63, 3.8) is 0 Å². The third-order valence-electron chi connectivity index (χ3n) is 7.09. The van der Waals surface area contributed by atoms with Crippen LogP contribution in [0.5, 0.6) is 0 Å². The fraction of sp³-hybridized carbons (Fsp3) is 0.636. The third-order valence-corrected chi connectivity index (χ3v) is 7.09. The van der Waals surface area contributed by atoms with Crippen molar-refractivity contribution in [3.8, 4) is 0 Å². The van der Waals surface area contributed by atoms with Crippen LogP contribution in [0.1, 0.15) is 59.3 Å². The molecule has 1 nitrogen and oxygen atoms in total. The summed E-state index contributed by atoms with van der Waals surface area (Å²) in [4.78, 5) is 0. The van der Waals surface area contributed by atoms with Gasteiger partial charge in [-0.05, 0) is 87.2 Å². The van der Waals surface area contributed by atoms with E-state index in [1.165, 1.54) is 38.5 Å². The molecule has 0 aromatic heterocycles. The molecule has 0 aliphatic heterocycles. The summed E-state index contributed by atoms with van der Waals surface area (Å²) < 4.78 is 5.22. The van der Waals surface area contributed by atoms with Crippen LogP contribution >= 0.6 is 0 Å². The third kappa shape index (κ3) is 2.73. The monoisotopic (exact) mass is 312 g/mol. The quantitative estimate of drug-likeness (QED) is 0.342. The summed E-state index contributed by atoms with van der Waals surface area (Å²) >= 11 is 0. The van der Waals surface area contributed by atoms with Crippen LogP contribution in [0, 0.1) is 23.2 Å². The molecule has 0 N–H and O–H groups in total. The first kappa shape index (κ1) is 16.6. The number of hydrogen-bond acceptors (Lipinski definition) is 1. The van der Waals surface area contributed by atoms with Gasteiger partial charge in [-0.3, -0.25) is 0 Å². The second-order valence-corrected chi connectivity index (χ2v) is 7.96. The highest BCUT2D eigenvalue weighted by atomic mass is 16.5. The molecule has 0 heterocycles. The largest absolute Gasteiger partial charge is 0.497 e. The molecule has 0 aromatic carbocycles. The lowest BCUT2D eigenvalue weighted by Gasteiger charge is -2.49. The number of rotatable bonds is 3. The Morgan fingerprint density at radius 2 is 2.04 bits per heavy atom. The Bertz CT molecular complexity index is 577. The molecule has 23 heavy (non-hydrogen) atoms. The topological polar surface area (TPSA) is 9.23 Å². The number of allylic oxidation sites excluding steroid dienone is 6. The first-order valence-corrected chi connectivity index (χ1v) is 9.27. The molecule has 0 radical (unpaired) electrons. The van der Waals surface area contributed by atoms with Crippen LogP contribution in [0.25, 0.3) is 0 Å². The van der Waals surface area contributed by atoms with Crippen LogP contribution in [0.4, 0.5) is 0 Å². The molecule has 3 unspecified atom stereocenters. The van der Waals surface area contributed by atoms with Gasteiger partial charge in [-0.1, -0.05) is 36.8 Å². The van der Waals surface area contributed by atoms with Gasteiger partial charge in [0.15, 0.2) is 0 Å². The normalized spacial score (nSPS) is 38.8. The summed E-state index contributed by atoms with van der Waals surface area (Å²) in [6.45, 7) is 11.0. The molecule has 1 heteroatoms. The van der Waals surface area contributed by atoms with E-state index >= 15 is 0 Å². The summed E-state index contributed by atoms with van der Waals surface area (Å²) in [5.74, 6) is 3.25. The number of methoxy groups -OCH3 is 1. The number of ether oxygens (including phenoxy) is 1. The molecule has 3 aliphatic carbocycles. The van der Waals surface area contributed by atoms with E-state index in [1.807, 2.05) is 0 Å². The van der Waals surface area contributed by atoms with Crippen molar-refractivity contribution in [2.75, 3.05) is 7.11 Å². The van der Waals surface area contributed by atoms with Crippen molar-refractivity contribution in [3.05, 3.63) is 47.3 Å². The highest BCUT2D eigenvalue weighted by Crippen LogP contribution is 2.62. The van der Waals surface area contributed by atoms with Crippen molar-refractivity contribution >= 4 is 0 Å². The van der Waals surface area contributed by atoms with Gasteiger partial charge in [0.2, 0.25) is 0 Å². The van der Waals surface area contributed by atoms with Gasteiger partial charge in [-0.15, -0.1) is 0 Å². The molecule has 0 spiro atoms. The van der Waals surface area contributed by atoms with Crippen LogP contribution in [-0.2, 0) is 4.74 Å². The van der Waals surface area contributed by atoms with E-state index in [1.54, 1.807) is 23.8 Å². The average Bonchev–Trinajstić information content (AvgIpc) is 2.90. The van der Waals surface area contributed by atoms with Gasteiger partial charge in [0.25, 0.3) is 0 Å². The van der Waals surface area contributed by atoms with Gasteiger partial charge in [0.1, 0.15) is 5.76 Å². The van der Waals surface area contributed by atoms with E-state index in [0.29, 0.717) is 5.41 Å². The zero-order valence-electron chi connectivity index (χ0n) is 15.3. The van der Waals surface area contributed by atoms with E-state index in [4.69, 9.17) is 4.74 Å². The highest BCUT2D eigenvalue weighted by Gasteiger charge is 2.52. The van der Waals surface area contributed by atoms with Crippen LogP contribution in [0.15, 0.2) is 47.3 Å². The Morgan fingerprint density at radius 1 is 1.26 bits per heavy atom. The van der Waals surface area contributed by atoms with Crippen LogP contribution in [0.2, 0.25) is 0 Å². The summed E-state index contributed by atoms with van der Waals surface area (Å²) in [5, 5.41) is 0. The zero-order chi connectivity index (χ0) is 16.6. The SMILES string of the molecule is C=C(/C=C\C1=C(C)CCC2C1CC[C@]1(C)/C(=C\C)CCC21)OC. The van der Waals surface area contributed by atoms with Crippen molar-refractivity contribution in [1.29, 1.82) is 0 Å². The minimum atomic E-state index is 0.478. The smallest absolute Gasteiger partial charge is 0.111 e. The van der Waals surface area contributed by atoms with Gasteiger partial charge < -0.3 is 4.74 Å². The van der Waals surface area contributed by atoms with Gasteiger partial charge >= 0.3 is 0 Å². The average molecular weight is 312 g/mol. The lowest BCUT2D eigenvalue weighted by Crippen LogP contribution is -2.41. The van der Waals surface area contributed by atoms with E-state index in [9.17, 15) is 0 Å². The maximum absolute atomic E-state index is 5.22. The molecule has 3 rings (SSSR count). The lowest BCUT2D eigenvalue weighted by molar-refractivity contribution is 0.0655. The number of fused-ring (bicyclic) bond motifs is 3. The second-order valence-electron chi connectivity index (χ2n) is 7.96. The Morgan fingerprint density at radius 3 is 2.74 bits per heavy atom. The Labute approximate surface area is 142 Å². The van der Waals surface area contributed by atoms with Crippen molar-refractivity contribution in [2.24, 2.45) is 23.2 Å². The Hall–Kier alpha value is -1.24. The van der Waals surface area contributed by atoms with E-state index in [-0.39, 0.29) is 0 Å². The van der Waals surface area contributed by atoms with Gasteiger partial charge in [0, 0.05) is 0 Å².